The van der Waals surface area contributed by atoms with Crippen molar-refractivity contribution in [2.45, 2.75) is 12.6 Å². The fraction of sp³-hybridized carbons (Fsp3) is 0.286. The molecule has 1 unspecified atom stereocenters. The Kier molecular flexibility index (Phi) is 3.56. The van der Waals surface area contributed by atoms with Crippen molar-refractivity contribution >= 4 is 35.4 Å². The molecule has 5 amide bonds. The minimum absolute atomic E-state index is 0.112. The summed E-state index contributed by atoms with van der Waals surface area (Å²) >= 11 is 5.98. The van der Waals surface area contributed by atoms with E-state index in [0.29, 0.717) is 0 Å². The van der Waals surface area contributed by atoms with Gasteiger partial charge in [-0.05, 0) is 12.1 Å². The highest BCUT2D eigenvalue weighted by Crippen LogP contribution is 2.25. The molecule has 1 aromatic rings. The number of carbonyl (C=O) groups is 3. The summed E-state index contributed by atoms with van der Waals surface area (Å²) < 4.78 is 15.1. The van der Waals surface area contributed by atoms with Crippen molar-refractivity contribution in [2.75, 3.05) is 14.1 Å². The van der Waals surface area contributed by atoms with E-state index < -0.39 is 29.8 Å². The van der Waals surface area contributed by atoms with E-state index >= 15 is 0 Å². The number of halogens is 2. The predicted molar refractivity (Wildman–Crippen MR) is 78.6 cm³/mol. The van der Waals surface area contributed by atoms with E-state index in [1.165, 1.54) is 36.9 Å². The third-order valence-electron chi connectivity index (χ3n) is 3.96. The molecule has 0 bridgehead atoms. The lowest BCUT2D eigenvalue weighted by atomic mass is 10.1. The summed E-state index contributed by atoms with van der Waals surface area (Å²) in [5.41, 5.74) is 0.112. The molecule has 2 heterocycles. The first kappa shape index (κ1) is 15.4. The summed E-state index contributed by atoms with van der Waals surface area (Å²) in [5, 5.41) is 2.65. The van der Waals surface area contributed by atoms with E-state index in [-0.39, 0.29) is 23.0 Å². The van der Waals surface area contributed by atoms with Crippen molar-refractivity contribution in [2.24, 2.45) is 0 Å². The smallest absolute Gasteiger partial charge is 0.284 e. The van der Waals surface area contributed by atoms with Crippen LogP contribution in [0.1, 0.15) is 5.56 Å². The Labute approximate surface area is 135 Å². The van der Waals surface area contributed by atoms with E-state index in [0.717, 1.165) is 9.80 Å². The quantitative estimate of drug-likeness (QED) is 0.817. The standard InChI is InChI=1S/C14H12ClFN4O3/c1-18-11-10(12(21)19(2)14(18)23)20(13(22)17-11)6-7-8(15)4-3-5-9(7)16/h3-5,10H,6H2,1-2H3/p+1. The Morgan fingerprint density at radius 2 is 2.04 bits per heavy atom. The highest BCUT2D eigenvalue weighted by Gasteiger charge is 2.54. The van der Waals surface area contributed by atoms with Crippen molar-refractivity contribution in [3.05, 3.63) is 34.6 Å². The molecular weight excluding hydrogens is 327 g/mol. The number of urea groups is 2. The zero-order valence-corrected chi connectivity index (χ0v) is 13.1. The van der Waals surface area contributed by atoms with Gasteiger partial charge in [0.25, 0.3) is 0 Å². The second-order valence-corrected chi connectivity index (χ2v) is 5.69. The van der Waals surface area contributed by atoms with E-state index in [2.05, 4.69) is 5.32 Å². The van der Waals surface area contributed by atoms with Gasteiger partial charge in [-0.25, -0.2) is 23.9 Å². The number of hydrogen-bond donors (Lipinski definition) is 1. The van der Waals surface area contributed by atoms with Crippen LogP contribution < -0.4 is 5.32 Å². The first-order valence-corrected chi connectivity index (χ1v) is 7.13. The lowest BCUT2D eigenvalue weighted by Crippen LogP contribution is -2.58. The highest BCUT2D eigenvalue weighted by molar-refractivity contribution is 6.31. The highest BCUT2D eigenvalue weighted by atomic mass is 35.5. The number of amides is 5. The Balaban J connectivity index is 2.03. The van der Waals surface area contributed by atoms with Gasteiger partial charge in [-0.1, -0.05) is 17.7 Å². The van der Waals surface area contributed by atoms with Crippen LogP contribution in [0.2, 0.25) is 5.02 Å². The summed E-state index contributed by atoms with van der Waals surface area (Å²) in [6.45, 7) is -0.187. The monoisotopic (exact) mass is 339 g/mol. The van der Waals surface area contributed by atoms with Crippen LogP contribution in [0.25, 0.3) is 0 Å². The Morgan fingerprint density at radius 3 is 2.70 bits per heavy atom. The second kappa shape index (κ2) is 5.31. The Hall–Kier alpha value is -2.48. The lowest BCUT2D eigenvalue weighted by molar-refractivity contribution is -0.407. The predicted octanol–water partition coefficient (Wildman–Crippen LogP) is 1.01. The molecule has 0 spiro atoms. The van der Waals surface area contributed by atoms with Crippen molar-refractivity contribution in [3.63, 3.8) is 0 Å². The molecule has 2 aliphatic rings. The Morgan fingerprint density at radius 1 is 1.35 bits per heavy atom. The molecule has 1 fully saturated rings. The first-order valence-electron chi connectivity index (χ1n) is 6.75. The second-order valence-electron chi connectivity index (χ2n) is 5.28. The number of benzene rings is 1. The minimum Gasteiger partial charge on any atom is -0.284 e. The number of nitrogens with one attached hydrogen (secondary N) is 1. The van der Waals surface area contributed by atoms with Crippen molar-refractivity contribution in [3.8, 4) is 0 Å². The van der Waals surface area contributed by atoms with Crippen LogP contribution in [0.4, 0.5) is 14.0 Å². The number of amidine groups is 1. The fourth-order valence-corrected chi connectivity index (χ4v) is 2.88. The first-order chi connectivity index (χ1) is 10.8. The summed E-state index contributed by atoms with van der Waals surface area (Å²) in [7, 11) is 2.78. The molecule has 9 heteroatoms. The van der Waals surface area contributed by atoms with Crippen LogP contribution in [0.15, 0.2) is 18.2 Å². The zero-order chi connectivity index (χ0) is 16.9. The van der Waals surface area contributed by atoms with Gasteiger partial charge < -0.3 is 0 Å². The topological polar surface area (TPSA) is 72.7 Å². The number of nitrogens with zero attached hydrogens (tertiary/aromatic N) is 3. The van der Waals surface area contributed by atoms with Gasteiger partial charge in [0.1, 0.15) is 5.82 Å². The maximum Gasteiger partial charge on any atom is 0.445 e. The van der Waals surface area contributed by atoms with Gasteiger partial charge in [-0.2, -0.15) is 4.90 Å². The van der Waals surface area contributed by atoms with Gasteiger partial charge in [0.05, 0.1) is 20.6 Å². The van der Waals surface area contributed by atoms with Crippen LogP contribution in [0, 0.1) is 5.82 Å². The molecule has 0 radical (unpaired) electrons. The largest absolute Gasteiger partial charge is 0.445 e. The van der Waals surface area contributed by atoms with Gasteiger partial charge in [0, 0.05) is 10.6 Å². The van der Waals surface area contributed by atoms with E-state index in [9.17, 15) is 18.8 Å². The summed E-state index contributed by atoms with van der Waals surface area (Å²) in [6, 6.07) is 2.04. The van der Waals surface area contributed by atoms with Crippen LogP contribution in [0.3, 0.4) is 0 Å². The van der Waals surface area contributed by atoms with Crippen LogP contribution in [0.5, 0.6) is 0 Å². The molecule has 2 aliphatic heterocycles. The normalized spacial score (nSPS) is 21.0. The number of carbonyl (C=O) groups excluding carboxylic acids is 3. The maximum absolute atomic E-state index is 14.0. The molecule has 0 aliphatic carbocycles. The summed E-state index contributed by atoms with van der Waals surface area (Å²) in [4.78, 5) is 38.6. The van der Waals surface area contributed by atoms with E-state index in [1.54, 1.807) is 0 Å². The average Bonchev–Trinajstić information content (AvgIpc) is 2.84. The van der Waals surface area contributed by atoms with Gasteiger partial charge in [0.15, 0.2) is 0 Å². The SMILES string of the molecule is CN1C(=O)C2C(=[N+](C)C1=O)NC(=O)N2Cc1c(F)cccc1Cl. The van der Waals surface area contributed by atoms with Gasteiger partial charge in [-0.3, -0.25) is 9.69 Å². The van der Waals surface area contributed by atoms with Gasteiger partial charge >= 0.3 is 18.0 Å². The molecule has 23 heavy (non-hydrogen) atoms. The third-order valence-corrected chi connectivity index (χ3v) is 4.31. The number of hydrogen-bond acceptors (Lipinski definition) is 3. The van der Waals surface area contributed by atoms with E-state index in [4.69, 9.17) is 11.6 Å². The molecule has 1 saturated heterocycles. The number of rotatable bonds is 2. The Bertz CT molecular complexity index is 759. The molecule has 0 saturated carbocycles. The third kappa shape index (κ3) is 2.26. The molecule has 1 N–H and O–H groups in total. The van der Waals surface area contributed by atoms with Crippen LogP contribution in [-0.4, -0.2) is 58.3 Å². The summed E-state index contributed by atoms with van der Waals surface area (Å²) in [5.74, 6) is -0.968. The fourth-order valence-electron chi connectivity index (χ4n) is 2.65. The molecule has 0 aromatic heterocycles. The van der Waals surface area contributed by atoms with Crippen molar-refractivity contribution in [1.29, 1.82) is 0 Å². The average molecular weight is 340 g/mol. The summed E-state index contributed by atoms with van der Waals surface area (Å²) in [6.07, 6.45) is 0. The van der Waals surface area contributed by atoms with Gasteiger partial charge in [0.2, 0.25) is 11.9 Å². The number of fused-ring (bicyclic) bond motifs is 1. The minimum atomic E-state index is -1.01. The molecule has 1 atom stereocenters. The molecule has 7 nitrogen and oxygen atoms in total. The maximum atomic E-state index is 14.0. The molecule has 3 rings (SSSR count). The van der Waals surface area contributed by atoms with E-state index in [1.807, 2.05) is 0 Å². The van der Waals surface area contributed by atoms with Crippen LogP contribution in [-0.2, 0) is 11.3 Å². The van der Waals surface area contributed by atoms with Crippen LogP contribution >= 0.6 is 11.6 Å². The number of likely N-dealkylation sites (N-methyl/N-ethyl adjacent to an activating group) is 1. The number of imide groups is 1. The van der Waals surface area contributed by atoms with Crippen molar-refractivity contribution in [1.82, 2.24) is 15.1 Å². The van der Waals surface area contributed by atoms with Gasteiger partial charge in [-0.15, -0.1) is 0 Å². The lowest BCUT2D eigenvalue weighted by Gasteiger charge is -2.26. The van der Waals surface area contributed by atoms with Crippen molar-refractivity contribution < 1.29 is 23.3 Å². The molecule has 120 valence electrons. The molecule has 1 aromatic carbocycles. The molecular formula is C14H13ClFN4O3+. The zero-order valence-electron chi connectivity index (χ0n) is 12.3.